The minimum atomic E-state index is 0.339. The summed E-state index contributed by atoms with van der Waals surface area (Å²) in [6.45, 7) is 9.66. The monoisotopic (exact) mass is 428 g/mol. The Morgan fingerprint density at radius 3 is 2.68 bits per heavy atom. The number of hydrogen-bond donors (Lipinski definition) is 0. The normalized spacial score (nSPS) is 20.2. The molecule has 3 rings (SSSR count). The fourth-order valence-electron chi connectivity index (χ4n) is 4.68. The fourth-order valence-corrected chi connectivity index (χ4v) is 4.68. The van der Waals surface area contributed by atoms with Crippen molar-refractivity contribution < 1.29 is 14.3 Å². The van der Waals surface area contributed by atoms with Crippen LogP contribution in [0.3, 0.4) is 0 Å². The lowest BCUT2D eigenvalue weighted by atomic mass is 10.0. The van der Waals surface area contributed by atoms with Gasteiger partial charge < -0.3 is 14.4 Å². The van der Waals surface area contributed by atoms with Crippen molar-refractivity contribution in [2.75, 3.05) is 19.6 Å². The third-order valence-electron chi connectivity index (χ3n) is 6.40. The Morgan fingerprint density at radius 1 is 1.10 bits per heavy atom. The molecule has 5 nitrogen and oxygen atoms in total. The molecule has 1 unspecified atom stereocenters. The molecule has 0 radical (unpaired) electrons. The molecule has 5 heteroatoms. The Kier molecular flexibility index (Phi) is 9.26. The van der Waals surface area contributed by atoms with E-state index >= 15 is 0 Å². The maximum Gasteiger partial charge on any atom is 0.222 e. The number of allylic oxidation sites excluding steroid dienone is 4. The van der Waals surface area contributed by atoms with Crippen LogP contribution in [0.4, 0.5) is 0 Å². The summed E-state index contributed by atoms with van der Waals surface area (Å²) < 4.78 is 11.8. The summed E-state index contributed by atoms with van der Waals surface area (Å²) >= 11 is 0. The van der Waals surface area contributed by atoms with Crippen LogP contribution in [0.2, 0.25) is 0 Å². The molecule has 0 saturated carbocycles. The number of amides is 1. The van der Waals surface area contributed by atoms with Gasteiger partial charge in [0.2, 0.25) is 5.91 Å². The molecule has 0 bridgehead atoms. The topological polar surface area (TPSA) is 42.0 Å². The van der Waals surface area contributed by atoms with Crippen molar-refractivity contribution in [1.82, 2.24) is 9.80 Å². The van der Waals surface area contributed by atoms with Crippen molar-refractivity contribution in [1.29, 1.82) is 0 Å². The molecule has 2 heterocycles. The molecule has 0 aromatic carbocycles. The average Bonchev–Trinajstić information content (AvgIpc) is 2.75. The molecule has 1 saturated heterocycles. The highest BCUT2D eigenvalue weighted by atomic mass is 16.5. The number of ether oxygens (including phenoxy) is 2. The Hall–Kier alpha value is -2.01. The van der Waals surface area contributed by atoms with Gasteiger partial charge in [0.1, 0.15) is 24.0 Å². The predicted octanol–water partition coefficient (Wildman–Crippen LogP) is 5.66. The van der Waals surface area contributed by atoms with Gasteiger partial charge in [-0.3, -0.25) is 9.69 Å². The summed E-state index contributed by atoms with van der Waals surface area (Å²) in [5.74, 6) is 2.14. The highest BCUT2D eigenvalue weighted by Gasteiger charge is 2.22. The van der Waals surface area contributed by atoms with E-state index < -0.39 is 0 Å². The second-order valence-electron chi connectivity index (χ2n) is 9.30. The van der Waals surface area contributed by atoms with Crippen molar-refractivity contribution in [3.63, 3.8) is 0 Å². The van der Waals surface area contributed by atoms with E-state index in [9.17, 15) is 4.79 Å². The van der Waals surface area contributed by atoms with Crippen LogP contribution in [0, 0.1) is 0 Å². The van der Waals surface area contributed by atoms with Crippen molar-refractivity contribution in [3.8, 4) is 0 Å². The molecular formula is C26H40N2O3. The van der Waals surface area contributed by atoms with Crippen LogP contribution in [-0.4, -0.2) is 47.4 Å². The van der Waals surface area contributed by atoms with Gasteiger partial charge >= 0.3 is 0 Å². The quantitative estimate of drug-likeness (QED) is 0.398. The molecule has 1 aliphatic carbocycles. The van der Waals surface area contributed by atoms with Gasteiger partial charge in [0.05, 0.1) is 0 Å². The molecule has 1 atom stereocenters. The van der Waals surface area contributed by atoms with Crippen LogP contribution in [0.15, 0.2) is 47.8 Å². The van der Waals surface area contributed by atoms with Crippen LogP contribution in [0.1, 0.15) is 78.6 Å². The zero-order valence-corrected chi connectivity index (χ0v) is 19.6. The second-order valence-corrected chi connectivity index (χ2v) is 9.30. The lowest BCUT2D eigenvalue weighted by molar-refractivity contribution is -0.133. The first-order valence-electron chi connectivity index (χ1n) is 12.1. The SMILES string of the molecule is CC(C)N(CCCCN1CCCCC1=O)C(C)CC1=COC=C(CC2=CC=CCC2)O1. The highest BCUT2D eigenvalue weighted by Crippen LogP contribution is 2.27. The zero-order valence-electron chi connectivity index (χ0n) is 19.6. The molecule has 0 aromatic heterocycles. The summed E-state index contributed by atoms with van der Waals surface area (Å²) in [6.07, 6.45) is 19.0. The lowest BCUT2D eigenvalue weighted by Gasteiger charge is -2.34. The van der Waals surface area contributed by atoms with Gasteiger partial charge in [0.15, 0.2) is 0 Å². The van der Waals surface area contributed by atoms with Crippen LogP contribution in [0.25, 0.3) is 0 Å². The molecule has 0 N–H and O–H groups in total. The fraction of sp³-hybridized carbons (Fsp3) is 0.654. The summed E-state index contributed by atoms with van der Waals surface area (Å²) in [6, 6.07) is 0.827. The summed E-state index contributed by atoms with van der Waals surface area (Å²) in [5, 5.41) is 0. The lowest BCUT2D eigenvalue weighted by Crippen LogP contribution is -2.40. The number of unbranched alkanes of at least 4 members (excludes halogenated alkanes) is 1. The Balaban J connectivity index is 1.42. The van der Waals surface area contributed by atoms with Gasteiger partial charge in [-0.1, -0.05) is 23.8 Å². The molecule has 0 aromatic rings. The smallest absolute Gasteiger partial charge is 0.222 e. The molecule has 31 heavy (non-hydrogen) atoms. The molecule has 172 valence electrons. The van der Waals surface area contributed by atoms with E-state index in [2.05, 4.69) is 48.8 Å². The summed E-state index contributed by atoms with van der Waals surface area (Å²) in [7, 11) is 0. The Morgan fingerprint density at radius 2 is 1.94 bits per heavy atom. The van der Waals surface area contributed by atoms with E-state index in [1.165, 1.54) is 5.57 Å². The van der Waals surface area contributed by atoms with E-state index in [0.29, 0.717) is 18.0 Å². The molecule has 3 aliphatic rings. The molecule has 0 spiro atoms. The number of piperidine rings is 1. The van der Waals surface area contributed by atoms with E-state index in [4.69, 9.17) is 9.47 Å². The van der Waals surface area contributed by atoms with E-state index in [-0.39, 0.29) is 0 Å². The first-order chi connectivity index (χ1) is 15.0. The van der Waals surface area contributed by atoms with Gasteiger partial charge in [0.25, 0.3) is 0 Å². The number of nitrogens with zero attached hydrogens (tertiary/aromatic N) is 2. The van der Waals surface area contributed by atoms with Crippen molar-refractivity contribution in [2.45, 2.75) is 90.6 Å². The van der Waals surface area contributed by atoms with Crippen LogP contribution in [0.5, 0.6) is 0 Å². The predicted molar refractivity (Wildman–Crippen MR) is 125 cm³/mol. The van der Waals surface area contributed by atoms with Gasteiger partial charge in [-0.25, -0.2) is 0 Å². The number of rotatable bonds is 11. The van der Waals surface area contributed by atoms with Crippen molar-refractivity contribution in [2.24, 2.45) is 0 Å². The zero-order chi connectivity index (χ0) is 22.1. The maximum absolute atomic E-state index is 12.0. The number of hydrogen-bond acceptors (Lipinski definition) is 4. The highest BCUT2D eigenvalue weighted by molar-refractivity contribution is 5.76. The second kappa shape index (κ2) is 12.1. The van der Waals surface area contributed by atoms with E-state index in [1.807, 2.05) is 0 Å². The van der Waals surface area contributed by atoms with Crippen molar-refractivity contribution >= 4 is 5.91 Å². The van der Waals surface area contributed by atoms with Gasteiger partial charge in [-0.05, 0) is 65.8 Å². The largest absolute Gasteiger partial charge is 0.466 e. The number of carbonyl (C=O) groups is 1. The van der Waals surface area contributed by atoms with Gasteiger partial charge in [0, 0.05) is 44.4 Å². The molecular weight excluding hydrogens is 388 g/mol. The maximum atomic E-state index is 12.0. The minimum absolute atomic E-state index is 0.339. The van der Waals surface area contributed by atoms with Gasteiger partial charge in [-0.2, -0.15) is 0 Å². The standard InChI is InChI=1S/C26H40N2O3/c1-21(2)28(16-10-9-15-27-14-8-7-13-26(27)29)22(3)17-24-19-30-20-25(31-24)18-23-11-5-4-6-12-23/h4-5,11,19-22H,6-10,12-18H2,1-3H3. The van der Waals surface area contributed by atoms with E-state index in [0.717, 1.165) is 88.9 Å². The summed E-state index contributed by atoms with van der Waals surface area (Å²) in [5.41, 5.74) is 1.39. The summed E-state index contributed by atoms with van der Waals surface area (Å²) in [4.78, 5) is 16.6. The third-order valence-corrected chi connectivity index (χ3v) is 6.40. The van der Waals surface area contributed by atoms with Crippen LogP contribution >= 0.6 is 0 Å². The first kappa shape index (κ1) is 23.6. The van der Waals surface area contributed by atoms with E-state index in [1.54, 1.807) is 12.5 Å². The molecule has 1 fully saturated rings. The average molecular weight is 429 g/mol. The Labute approximate surface area is 188 Å². The van der Waals surface area contributed by atoms with Crippen LogP contribution in [-0.2, 0) is 14.3 Å². The molecule has 1 amide bonds. The Bertz CT molecular complexity index is 720. The number of likely N-dealkylation sites (tertiary alicyclic amines) is 1. The van der Waals surface area contributed by atoms with Crippen LogP contribution < -0.4 is 0 Å². The molecule has 2 aliphatic heterocycles. The third kappa shape index (κ3) is 7.57. The number of carbonyl (C=O) groups excluding carboxylic acids is 1. The minimum Gasteiger partial charge on any atom is -0.466 e. The van der Waals surface area contributed by atoms with Crippen molar-refractivity contribution in [3.05, 3.63) is 47.8 Å². The van der Waals surface area contributed by atoms with Gasteiger partial charge in [-0.15, -0.1) is 0 Å². The first-order valence-corrected chi connectivity index (χ1v) is 12.1.